The predicted octanol–water partition coefficient (Wildman–Crippen LogP) is 6.48. The number of nitrogens with zero attached hydrogens (tertiary/aromatic N) is 2. The van der Waals surface area contributed by atoms with Crippen LogP contribution in [0.1, 0.15) is 12.8 Å². The number of rotatable bonds is 7. The number of carboxylic acid groups (broad SMARTS) is 1. The van der Waals surface area contributed by atoms with E-state index in [2.05, 4.69) is 0 Å². The Morgan fingerprint density at radius 3 is 2.61 bits per heavy atom. The summed E-state index contributed by atoms with van der Waals surface area (Å²) < 4.78 is 59.4. The minimum atomic E-state index is -4.25. The molecule has 0 spiro atoms. The Bertz CT molecular complexity index is 1020. The first-order valence-electron chi connectivity index (χ1n) is 9.87. The number of carbonyl (C=O) groups is 1. The molecule has 0 saturated heterocycles. The van der Waals surface area contributed by atoms with E-state index in [0.717, 1.165) is 11.4 Å². The summed E-state index contributed by atoms with van der Waals surface area (Å²) in [6.45, 7) is 0.332. The minimum Gasteiger partial charge on any atom is -0.476 e. The first kappa shape index (κ1) is 25.3. The number of halogens is 4. The standard InChI is InChI=1S/C22H22F4N2O3S2/c1-27-15(8-9-22(24,25)26)12-28(14-6-4-3-5-7-14)17-10-20(32-2)18(11-19(17)33-27)31-13-16(23)21(29)30/h3-7,10-11,13,15H,8-9,12H2,1-2H3,(H,29,30)/b16-13-. The van der Waals surface area contributed by atoms with Crippen molar-refractivity contribution in [2.75, 3.05) is 24.7 Å². The highest BCUT2D eigenvalue weighted by Crippen LogP contribution is 2.46. The summed E-state index contributed by atoms with van der Waals surface area (Å²) in [5.41, 5.74) is 1.59. The minimum absolute atomic E-state index is 0.0738. The molecule has 0 saturated carbocycles. The van der Waals surface area contributed by atoms with Crippen molar-refractivity contribution in [3.8, 4) is 5.75 Å². The second-order valence-electron chi connectivity index (χ2n) is 7.25. The summed E-state index contributed by atoms with van der Waals surface area (Å²) in [5, 5.41) is 8.72. The van der Waals surface area contributed by atoms with E-state index in [4.69, 9.17) is 9.84 Å². The van der Waals surface area contributed by atoms with Gasteiger partial charge in [0, 0.05) is 24.7 Å². The maximum Gasteiger partial charge on any atom is 0.389 e. The predicted molar refractivity (Wildman–Crippen MR) is 122 cm³/mol. The van der Waals surface area contributed by atoms with Crippen LogP contribution < -0.4 is 9.64 Å². The summed E-state index contributed by atoms with van der Waals surface area (Å²) >= 11 is 2.59. The molecule has 0 aromatic heterocycles. The van der Waals surface area contributed by atoms with Crippen LogP contribution in [-0.2, 0) is 4.79 Å². The Morgan fingerprint density at radius 2 is 2.00 bits per heavy atom. The Labute approximate surface area is 197 Å². The van der Waals surface area contributed by atoms with Crippen LogP contribution in [0.5, 0.6) is 5.75 Å². The second kappa shape index (κ2) is 10.7. The molecule has 0 radical (unpaired) electrons. The van der Waals surface area contributed by atoms with Crippen LogP contribution in [0.2, 0.25) is 0 Å². The van der Waals surface area contributed by atoms with E-state index in [-0.39, 0.29) is 12.2 Å². The first-order valence-corrected chi connectivity index (χ1v) is 11.9. The fraction of sp³-hybridized carbons (Fsp3) is 0.318. The maximum atomic E-state index is 13.4. The van der Waals surface area contributed by atoms with Gasteiger partial charge in [0.2, 0.25) is 5.83 Å². The quantitative estimate of drug-likeness (QED) is 0.153. The number of hydrogen-bond donors (Lipinski definition) is 1. The Hall–Kier alpha value is -2.37. The van der Waals surface area contributed by atoms with Crippen molar-refractivity contribution in [2.24, 2.45) is 0 Å². The molecule has 3 rings (SSSR count). The molecule has 1 unspecified atom stereocenters. The molecule has 33 heavy (non-hydrogen) atoms. The fourth-order valence-electron chi connectivity index (χ4n) is 3.34. The van der Waals surface area contributed by atoms with Crippen LogP contribution in [-0.4, -0.2) is 47.4 Å². The number of aliphatic carboxylic acids is 1. The second-order valence-corrected chi connectivity index (χ2v) is 9.30. The van der Waals surface area contributed by atoms with Crippen molar-refractivity contribution in [1.29, 1.82) is 0 Å². The third-order valence-electron chi connectivity index (χ3n) is 5.01. The average molecular weight is 503 g/mol. The number of ether oxygens (including phenoxy) is 1. The van der Waals surface area contributed by atoms with Crippen LogP contribution in [0.25, 0.3) is 0 Å². The van der Waals surface area contributed by atoms with Gasteiger partial charge in [0.25, 0.3) is 0 Å². The molecule has 0 bridgehead atoms. The zero-order valence-electron chi connectivity index (χ0n) is 17.8. The Balaban J connectivity index is 2.04. The highest BCUT2D eigenvalue weighted by atomic mass is 32.2. The monoisotopic (exact) mass is 502 g/mol. The van der Waals surface area contributed by atoms with Gasteiger partial charge in [-0.3, -0.25) is 0 Å². The van der Waals surface area contributed by atoms with Crippen molar-refractivity contribution in [2.45, 2.75) is 34.9 Å². The van der Waals surface area contributed by atoms with E-state index in [1.165, 1.54) is 23.7 Å². The van der Waals surface area contributed by atoms with Crippen LogP contribution in [0.3, 0.4) is 0 Å². The molecular formula is C22H22F4N2O3S2. The molecule has 0 amide bonds. The highest BCUT2D eigenvalue weighted by Gasteiger charge is 2.33. The van der Waals surface area contributed by atoms with Crippen LogP contribution >= 0.6 is 23.7 Å². The molecule has 1 aliphatic rings. The Kier molecular flexibility index (Phi) is 8.19. The van der Waals surface area contributed by atoms with Gasteiger partial charge in [0.1, 0.15) is 12.0 Å². The molecule has 1 atom stereocenters. The van der Waals surface area contributed by atoms with E-state index in [0.29, 0.717) is 22.6 Å². The van der Waals surface area contributed by atoms with Crippen molar-refractivity contribution < 1.29 is 32.2 Å². The van der Waals surface area contributed by atoms with Gasteiger partial charge in [0.15, 0.2) is 0 Å². The summed E-state index contributed by atoms with van der Waals surface area (Å²) in [4.78, 5) is 14.0. The van der Waals surface area contributed by atoms with Gasteiger partial charge in [-0.05, 0) is 55.9 Å². The average Bonchev–Trinajstić information content (AvgIpc) is 2.90. The molecule has 0 fully saturated rings. The number of benzene rings is 2. The summed E-state index contributed by atoms with van der Waals surface area (Å²) in [7, 11) is 1.73. The number of para-hydroxylation sites is 1. The zero-order chi connectivity index (χ0) is 24.2. The van der Waals surface area contributed by atoms with Crippen molar-refractivity contribution in [3.63, 3.8) is 0 Å². The maximum absolute atomic E-state index is 13.4. The van der Waals surface area contributed by atoms with Gasteiger partial charge in [-0.1, -0.05) is 18.2 Å². The van der Waals surface area contributed by atoms with Crippen molar-refractivity contribution >= 4 is 41.1 Å². The number of likely N-dealkylation sites (N-methyl/N-ethyl adjacent to an activating group) is 1. The molecule has 11 heteroatoms. The van der Waals surface area contributed by atoms with Gasteiger partial charge in [0.05, 0.1) is 15.5 Å². The molecule has 2 aromatic carbocycles. The lowest BCUT2D eigenvalue weighted by Crippen LogP contribution is -2.36. The van der Waals surface area contributed by atoms with Crippen LogP contribution in [0.4, 0.5) is 28.9 Å². The summed E-state index contributed by atoms with van der Waals surface area (Å²) in [5.74, 6) is -2.94. The zero-order valence-corrected chi connectivity index (χ0v) is 19.4. The largest absolute Gasteiger partial charge is 0.476 e. The van der Waals surface area contributed by atoms with Gasteiger partial charge in [-0.2, -0.15) is 17.6 Å². The number of thioether (sulfide) groups is 1. The molecule has 1 aliphatic heterocycles. The number of alkyl halides is 3. The molecule has 1 N–H and O–H groups in total. The van der Waals surface area contributed by atoms with Crippen LogP contribution in [0.15, 0.2) is 64.3 Å². The van der Waals surface area contributed by atoms with Gasteiger partial charge >= 0.3 is 12.1 Å². The van der Waals surface area contributed by atoms with E-state index < -0.39 is 30.4 Å². The number of hydrogen-bond acceptors (Lipinski definition) is 6. The van der Waals surface area contributed by atoms with Gasteiger partial charge in [-0.25, -0.2) is 9.10 Å². The molecular weight excluding hydrogens is 480 g/mol. The van der Waals surface area contributed by atoms with Gasteiger partial charge in [-0.15, -0.1) is 11.8 Å². The number of fused-ring (bicyclic) bond motifs is 1. The lowest BCUT2D eigenvalue weighted by atomic mass is 10.1. The third kappa shape index (κ3) is 6.58. The number of anilines is 2. The lowest BCUT2D eigenvalue weighted by Gasteiger charge is -2.30. The highest BCUT2D eigenvalue weighted by molar-refractivity contribution is 7.98. The smallest absolute Gasteiger partial charge is 0.389 e. The summed E-state index contributed by atoms with van der Waals surface area (Å²) in [6, 6.07) is 12.4. The van der Waals surface area contributed by atoms with Crippen molar-refractivity contribution in [1.82, 2.24) is 4.31 Å². The summed E-state index contributed by atoms with van der Waals surface area (Å²) in [6.07, 6.45) is -2.91. The fourth-order valence-corrected chi connectivity index (χ4v) is 4.93. The molecule has 5 nitrogen and oxygen atoms in total. The van der Waals surface area contributed by atoms with E-state index in [9.17, 15) is 22.4 Å². The molecule has 0 aliphatic carbocycles. The third-order valence-corrected chi connectivity index (χ3v) is 6.88. The number of carboxylic acids is 1. The van der Waals surface area contributed by atoms with Crippen molar-refractivity contribution in [3.05, 3.63) is 54.6 Å². The molecule has 1 heterocycles. The molecule has 178 valence electrons. The van der Waals surface area contributed by atoms with E-state index >= 15 is 0 Å². The Morgan fingerprint density at radius 1 is 1.30 bits per heavy atom. The SMILES string of the molecule is CSc1cc2c(cc1O/C=C(\F)C(=O)O)SN(C)C(CCC(F)(F)F)CN2c1ccccc1. The van der Waals surface area contributed by atoms with E-state index in [1.54, 1.807) is 23.7 Å². The molecule has 2 aromatic rings. The normalized spacial score (nSPS) is 17.5. The topological polar surface area (TPSA) is 53.0 Å². The van der Waals surface area contributed by atoms with Gasteiger partial charge < -0.3 is 14.7 Å². The van der Waals surface area contributed by atoms with Crippen LogP contribution in [0, 0.1) is 0 Å². The first-order chi connectivity index (χ1) is 15.6. The lowest BCUT2D eigenvalue weighted by molar-refractivity contribution is -0.137. The van der Waals surface area contributed by atoms with E-state index in [1.807, 2.05) is 41.3 Å².